The predicted octanol–water partition coefficient (Wildman–Crippen LogP) is 4.71. The van der Waals surface area contributed by atoms with Crippen LogP contribution < -0.4 is 9.62 Å². The van der Waals surface area contributed by atoms with Gasteiger partial charge in [-0.25, -0.2) is 8.42 Å². The van der Waals surface area contributed by atoms with Gasteiger partial charge >= 0.3 is 0 Å². The Hall–Kier alpha value is -1.81. The first-order valence-electron chi connectivity index (χ1n) is 10.5. The van der Waals surface area contributed by atoms with Gasteiger partial charge < -0.3 is 10.2 Å². The van der Waals surface area contributed by atoms with Crippen molar-refractivity contribution in [2.75, 3.05) is 23.7 Å². The standard InChI is InChI=1S/C23H28BrCl2N3O4S/c1-15(2)12-27-23(31)16(3)28(13-17-8-9-20(25)21(26)10-17)22(30)14-29(34(4,32)33)19-7-5-6-18(24)11-19/h5-11,15-16H,12-14H2,1-4H3,(H,27,31)/t16-/m1/s1. The predicted molar refractivity (Wildman–Crippen MR) is 141 cm³/mol. The van der Waals surface area contributed by atoms with Gasteiger partial charge in [0.05, 0.1) is 22.0 Å². The number of sulfonamides is 1. The number of amides is 2. The quantitative estimate of drug-likeness (QED) is 0.433. The number of nitrogens with one attached hydrogen (secondary N) is 1. The summed E-state index contributed by atoms with van der Waals surface area (Å²) in [5.74, 6) is -0.647. The van der Waals surface area contributed by atoms with Gasteiger partial charge in [0.25, 0.3) is 0 Å². The van der Waals surface area contributed by atoms with E-state index in [0.29, 0.717) is 32.3 Å². The van der Waals surface area contributed by atoms with Crippen molar-refractivity contribution in [3.05, 3.63) is 62.5 Å². The summed E-state index contributed by atoms with van der Waals surface area (Å²) < 4.78 is 26.8. The van der Waals surface area contributed by atoms with E-state index in [9.17, 15) is 18.0 Å². The largest absolute Gasteiger partial charge is 0.354 e. The van der Waals surface area contributed by atoms with Crippen LogP contribution in [-0.4, -0.2) is 50.5 Å². The van der Waals surface area contributed by atoms with E-state index >= 15 is 0 Å². The zero-order valence-electron chi connectivity index (χ0n) is 19.4. The van der Waals surface area contributed by atoms with Crippen LogP contribution in [0.3, 0.4) is 0 Å². The number of nitrogens with zero attached hydrogens (tertiary/aromatic N) is 2. The van der Waals surface area contributed by atoms with E-state index < -0.39 is 28.5 Å². The minimum absolute atomic E-state index is 0.0437. The molecule has 0 aliphatic heterocycles. The molecular formula is C23H28BrCl2N3O4S. The zero-order valence-corrected chi connectivity index (χ0v) is 23.3. The molecule has 1 atom stereocenters. The van der Waals surface area contributed by atoms with Gasteiger partial charge in [0, 0.05) is 17.6 Å². The Kier molecular flexibility index (Phi) is 10.2. The van der Waals surface area contributed by atoms with Gasteiger partial charge in [0.2, 0.25) is 21.8 Å². The molecule has 2 rings (SSSR count). The van der Waals surface area contributed by atoms with E-state index in [0.717, 1.165) is 10.6 Å². The van der Waals surface area contributed by atoms with Gasteiger partial charge in [-0.3, -0.25) is 13.9 Å². The second-order valence-corrected chi connectivity index (χ2v) is 12.0. The molecular weight excluding hydrogens is 565 g/mol. The lowest BCUT2D eigenvalue weighted by Gasteiger charge is -2.31. The smallest absolute Gasteiger partial charge is 0.244 e. The molecule has 0 aliphatic rings. The third-order valence-electron chi connectivity index (χ3n) is 4.96. The van der Waals surface area contributed by atoms with Crippen LogP contribution >= 0.6 is 39.1 Å². The van der Waals surface area contributed by atoms with Gasteiger partial charge in [-0.2, -0.15) is 0 Å². The molecule has 0 aliphatic carbocycles. The van der Waals surface area contributed by atoms with E-state index in [-0.39, 0.29) is 18.4 Å². The third-order valence-corrected chi connectivity index (χ3v) is 7.34. The molecule has 2 aromatic rings. The Morgan fingerprint density at radius 3 is 2.29 bits per heavy atom. The second-order valence-electron chi connectivity index (χ2n) is 8.33. The fourth-order valence-electron chi connectivity index (χ4n) is 3.11. The van der Waals surface area contributed by atoms with Crippen molar-refractivity contribution in [2.45, 2.75) is 33.4 Å². The zero-order chi connectivity index (χ0) is 25.6. The number of hydrogen-bond acceptors (Lipinski definition) is 4. The highest BCUT2D eigenvalue weighted by molar-refractivity contribution is 9.10. The van der Waals surface area contributed by atoms with Crippen LogP contribution in [-0.2, 0) is 26.2 Å². The lowest BCUT2D eigenvalue weighted by atomic mass is 10.1. The van der Waals surface area contributed by atoms with Crippen molar-refractivity contribution in [2.24, 2.45) is 5.92 Å². The number of carbonyl (C=O) groups excluding carboxylic acids is 2. The molecule has 1 N–H and O–H groups in total. The molecule has 0 aromatic heterocycles. The second kappa shape index (κ2) is 12.2. The summed E-state index contributed by atoms with van der Waals surface area (Å²) in [6.07, 6.45) is 1.03. The Balaban J connectivity index is 2.39. The molecule has 34 heavy (non-hydrogen) atoms. The number of rotatable bonds is 10. The maximum absolute atomic E-state index is 13.5. The first-order valence-corrected chi connectivity index (χ1v) is 13.9. The molecule has 0 bridgehead atoms. The van der Waals surface area contributed by atoms with E-state index in [1.54, 1.807) is 49.4 Å². The van der Waals surface area contributed by atoms with E-state index in [1.807, 2.05) is 13.8 Å². The van der Waals surface area contributed by atoms with Crippen molar-refractivity contribution >= 4 is 66.7 Å². The minimum atomic E-state index is -3.79. The van der Waals surface area contributed by atoms with E-state index in [4.69, 9.17) is 23.2 Å². The van der Waals surface area contributed by atoms with Gasteiger partial charge in [0.15, 0.2) is 0 Å². The molecule has 186 valence electrons. The van der Waals surface area contributed by atoms with Crippen LogP contribution in [0.25, 0.3) is 0 Å². The number of benzene rings is 2. The van der Waals surface area contributed by atoms with Crippen molar-refractivity contribution < 1.29 is 18.0 Å². The topological polar surface area (TPSA) is 86.8 Å². The Labute approximate surface area is 219 Å². The highest BCUT2D eigenvalue weighted by Crippen LogP contribution is 2.25. The van der Waals surface area contributed by atoms with Crippen LogP contribution in [0.1, 0.15) is 26.3 Å². The molecule has 0 saturated carbocycles. The maximum Gasteiger partial charge on any atom is 0.244 e. The molecule has 7 nitrogen and oxygen atoms in total. The fraction of sp³-hybridized carbons (Fsp3) is 0.391. The SMILES string of the molecule is CC(C)CNC(=O)[C@@H](C)N(Cc1ccc(Cl)c(Cl)c1)C(=O)CN(c1cccc(Br)c1)S(C)(=O)=O. The lowest BCUT2D eigenvalue weighted by Crippen LogP contribution is -2.51. The van der Waals surface area contributed by atoms with E-state index in [1.165, 1.54) is 4.90 Å². The number of halogens is 3. The van der Waals surface area contributed by atoms with Crippen molar-refractivity contribution in [3.8, 4) is 0 Å². The van der Waals surface area contributed by atoms with Crippen LogP contribution in [0.5, 0.6) is 0 Å². The minimum Gasteiger partial charge on any atom is -0.354 e. The Morgan fingerprint density at radius 2 is 1.74 bits per heavy atom. The molecule has 11 heteroatoms. The van der Waals surface area contributed by atoms with E-state index in [2.05, 4.69) is 21.2 Å². The van der Waals surface area contributed by atoms with Gasteiger partial charge in [-0.1, -0.05) is 65.1 Å². The molecule has 0 saturated heterocycles. The van der Waals surface area contributed by atoms with Gasteiger partial charge in [-0.05, 0) is 48.7 Å². The highest BCUT2D eigenvalue weighted by Gasteiger charge is 2.30. The summed E-state index contributed by atoms with van der Waals surface area (Å²) in [4.78, 5) is 27.6. The summed E-state index contributed by atoms with van der Waals surface area (Å²) >= 11 is 15.5. The maximum atomic E-state index is 13.5. The number of anilines is 1. The van der Waals surface area contributed by atoms with Crippen molar-refractivity contribution in [1.82, 2.24) is 10.2 Å². The fourth-order valence-corrected chi connectivity index (χ4v) is 4.66. The summed E-state index contributed by atoms with van der Waals surface area (Å²) in [7, 11) is -3.79. The average molecular weight is 593 g/mol. The molecule has 2 amide bonds. The van der Waals surface area contributed by atoms with Crippen LogP contribution in [0.4, 0.5) is 5.69 Å². The molecule has 0 spiro atoms. The first kappa shape index (κ1) is 28.4. The van der Waals surface area contributed by atoms with Crippen molar-refractivity contribution in [1.29, 1.82) is 0 Å². The third kappa shape index (κ3) is 8.15. The normalized spacial score (nSPS) is 12.4. The summed E-state index contributed by atoms with van der Waals surface area (Å²) in [6, 6.07) is 10.7. The number of hydrogen-bond donors (Lipinski definition) is 1. The highest BCUT2D eigenvalue weighted by atomic mass is 79.9. The summed E-state index contributed by atoms with van der Waals surface area (Å²) in [5.41, 5.74) is 0.983. The van der Waals surface area contributed by atoms with Gasteiger partial charge in [-0.15, -0.1) is 0 Å². The Morgan fingerprint density at radius 1 is 1.06 bits per heavy atom. The van der Waals surface area contributed by atoms with Crippen LogP contribution in [0.2, 0.25) is 10.0 Å². The van der Waals surface area contributed by atoms with Crippen LogP contribution in [0.15, 0.2) is 46.9 Å². The molecule has 0 unspecified atom stereocenters. The first-order chi connectivity index (χ1) is 15.8. The number of carbonyl (C=O) groups is 2. The van der Waals surface area contributed by atoms with Crippen LogP contribution in [0, 0.1) is 5.92 Å². The monoisotopic (exact) mass is 591 g/mol. The lowest BCUT2D eigenvalue weighted by molar-refractivity contribution is -0.139. The summed E-state index contributed by atoms with van der Waals surface area (Å²) in [6.45, 7) is 5.55. The molecule has 0 fully saturated rings. The average Bonchev–Trinajstić information content (AvgIpc) is 2.75. The Bertz CT molecular complexity index is 1140. The summed E-state index contributed by atoms with van der Waals surface area (Å²) in [5, 5.41) is 3.51. The molecule has 2 aromatic carbocycles. The van der Waals surface area contributed by atoms with Crippen molar-refractivity contribution in [3.63, 3.8) is 0 Å². The molecule has 0 radical (unpaired) electrons. The van der Waals surface area contributed by atoms with Gasteiger partial charge in [0.1, 0.15) is 12.6 Å². The molecule has 0 heterocycles.